The second-order valence-corrected chi connectivity index (χ2v) is 14.9. The lowest BCUT2D eigenvalue weighted by Gasteiger charge is -2.53. The number of para-hydroxylation sites is 2. The highest BCUT2D eigenvalue weighted by Gasteiger charge is 2.50. The molecule has 0 bridgehead atoms. The van der Waals surface area contributed by atoms with Crippen molar-refractivity contribution in [3.05, 3.63) is 179 Å². The lowest BCUT2D eigenvalue weighted by molar-refractivity contribution is 0.380. The third-order valence-corrected chi connectivity index (χ3v) is 10.8. The average molecular weight is 643 g/mol. The number of allylic oxidation sites excluding steroid dienone is 6. The second-order valence-electron chi connectivity index (χ2n) is 14.9. The van der Waals surface area contributed by atoms with Gasteiger partial charge >= 0.3 is 0 Å². The number of nitrogens with zero attached hydrogens (tertiary/aromatic N) is 2. The fourth-order valence-corrected chi connectivity index (χ4v) is 7.89. The van der Waals surface area contributed by atoms with Crippen LogP contribution in [0.5, 0.6) is 0 Å². The number of rotatable bonds is 8. The smallest absolute Gasteiger partial charge is 0.0784 e. The minimum absolute atomic E-state index is 0.0745. The summed E-state index contributed by atoms with van der Waals surface area (Å²) in [5, 5.41) is 0. The fraction of sp³-hybridized carbons (Fsp3) is 0.277. The molecule has 7 rings (SSSR count). The Morgan fingerprint density at radius 2 is 1.37 bits per heavy atom. The average Bonchev–Trinajstić information content (AvgIpc) is 3.12. The molecular weight excluding hydrogens is 593 g/mol. The van der Waals surface area contributed by atoms with Crippen LogP contribution in [0.25, 0.3) is 5.70 Å². The van der Waals surface area contributed by atoms with E-state index >= 15 is 0 Å². The van der Waals surface area contributed by atoms with Crippen LogP contribution < -0.4 is 9.80 Å². The van der Waals surface area contributed by atoms with Crippen LogP contribution in [-0.4, -0.2) is 0 Å². The zero-order valence-electron chi connectivity index (χ0n) is 30.2. The van der Waals surface area contributed by atoms with Gasteiger partial charge in [-0.25, -0.2) is 0 Å². The summed E-state index contributed by atoms with van der Waals surface area (Å²) in [7, 11) is 0. The first kappa shape index (κ1) is 32.7. The molecule has 4 aromatic carbocycles. The van der Waals surface area contributed by atoms with Gasteiger partial charge in [-0.2, -0.15) is 0 Å². The molecule has 2 nitrogen and oxygen atoms in total. The molecule has 49 heavy (non-hydrogen) atoms. The normalized spacial score (nSPS) is 21.3. The van der Waals surface area contributed by atoms with Crippen molar-refractivity contribution in [2.45, 2.75) is 66.3 Å². The third-order valence-electron chi connectivity index (χ3n) is 10.8. The summed E-state index contributed by atoms with van der Waals surface area (Å²) in [6.07, 6.45) is 15.7. The van der Waals surface area contributed by atoms with E-state index in [9.17, 15) is 0 Å². The van der Waals surface area contributed by atoms with Gasteiger partial charge in [-0.3, -0.25) is 0 Å². The van der Waals surface area contributed by atoms with E-state index < -0.39 is 5.54 Å². The largest absolute Gasteiger partial charge is 0.331 e. The Morgan fingerprint density at radius 3 is 1.98 bits per heavy atom. The van der Waals surface area contributed by atoms with Gasteiger partial charge in [0.1, 0.15) is 0 Å². The summed E-state index contributed by atoms with van der Waals surface area (Å²) in [5.74, 6) is 1.41. The molecule has 0 saturated heterocycles. The Balaban J connectivity index is 1.59. The van der Waals surface area contributed by atoms with Crippen LogP contribution in [-0.2, 0) is 5.54 Å². The minimum atomic E-state index is -0.428. The summed E-state index contributed by atoms with van der Waals surface area (Å²) in [5.41, 5.74) is 13.6. The molecule has 3 atom stereocenters. The molecule has 0 aliphatic heterocycles. The zero-order chi connectivity index (χ0) is 34.3. The van der Waals surface area contributed by atoms with Gasteiger partial charge in [-0.05, 0) is 103 Å². The molecule has 0 heterocycles. The van der Waals surface area contributed by atoms with Crippen LogP contribution in [0, 0.1) is 24.7 Å². The van der Waals surface area contributed by atoms with Crippen molar-refractivity contribution < 1.29 is 0 Å². The van der Waals surface area contributed by atoms with Crippen molar-refractivity contribution in [2.75, 3.05) is 9.80 Å². The molecule has 0 N–H and O–H groups in total. The second kappa shape index (κ2) is 13.2. The first-order chi connectivity index (χ1) is 23.7. The summed E-state index contributed by atoms with van der Waals surface area (Å²) in [4.78, 5) is 5.16. The summed E-state index contributed by atoms with van der Waals surface area (Å²) in [6, 6.07) is 38.3. The molecule has 248 valence electrons. The molecule has 3 aliphatic carbocycles. The van der Waals surface area contributed by atoms with E-state index in [4.69, 9.17) is 0 Å². The fourth-order valence-electron chi connectivity index (χ4n) is 7.89. The van der Waals surface area contributed by atoms with Crippen LogP contribution in [0.1, 0.15) is 76.1 Å². The highest BCUT2D eigenvalue weighted by atomic mass is 15.2. The van der Waals surface area contributed by atoms with Crippen molar-refractivity contribution >= 4 is 22.8 Å². The standard InChI is InChI=1S/C47H50N2/c1-32(2)36-23-29-44-43(30-36)46(48(38-14-10-8-11-15-38)39-24-18-34(5)19-25-39)42-28-22-37(33(3)4)31-45(42)47(44,7)49(40-16-12-9-13-17-40)41-26-20-35(6)21-27-41/h8-20,22-33,35,44H,21H2,1-7H3. The molecule has 0 amide bonds. The maximum atomic E-state index is 2.65. The molecular formula is C47H50N2. The molecule has 3 unspecified atom stereocenters. The molecule has 0 saturated carbocycles. The monoisotopic (exact) mass is 642 g/mol. The lowest BCUT2D eigenvalue weighted by Crippen LogP contribution is -2.52. The maximum absolute atomic E-state index is 2.65. The Hall–Kier alpha value is -4.82. The highest BCUT2D eigenvalue weighted by Crippen LogP contribution is 2.56. The quantitative estimate of drug-likeness (QED) is 0.189. The number of fused-ring (bicyclic) bond motifs is 2. The van der Waals surface area contributed by atoms with Gasteiger partial charge in [0.05, 0.1) is 11.2 Å². The topological polar surface area (TPSA) is 6.48 Å². The lowest BCUT2D eigenvalue weighted by atomic mass is 9.64. The van der Waals surface area contributed by atoms with Crippen LogP contribution in [0.3, 0.4) is 0 Å². The molecule has 0 fully saturated rings. The highest BCUT2D eigenvalue weighted by molar-refractivity contribution is 5.94. The van der Waals surface area contributed by atoms with Crippen molar-refractivity contribution in [2.24, 2.45) is 17.8 Å². The van der Waals surface area contributed by atoms with E-state index in [-0.39, 0.29) is 5.92 Å². The third kappa shape index (κ3) is 5.92. The van der Waals surface area contributed by atoms with E-state index in [0.717, 1.165) is 12.1 Å². The first-order valence-corrected chi connectivity index (χ1v) is 18.1. The van der Waals surface area contributed by atoms with E-state index in [1.807, 2.05) is 0 Å². The van der Waals surface area contributed by atoms with Gasteiger partial charge in [-0.1, -0.05) is 137 Å². The SMILES string of the molecule is Cc1ccc(N(C2=C3C=C(C(C)C)C=CC3C(C)(N(C3=CCC(C)C=C3)c3ccccc3)c3cc(C(C)C)ccc32)c2ccccc2)cc1. The van der Waals surface area contributed by atoms with Gasteiger partial charge < -0.3 is 9.80 Å². The number of hydrogen-bond acceptors (Lipinski definition) is 2. The summed E-state index contributed by atoms with van der Waals surface area (Å²) < 4.78 is 0. The Labute approximate surface area is 294 Å². The number of aryl methyl sites for hydroxylation is 1. The number of benzene rings is 4. The van der Waals surface area contributed by atoms with E-state index in [2.05, 4.69) is 198 Å². The number of hydrogen-bond donors (Lipinski definition) is 0. The van der Waals surface area contributed by atoms with Crippen LogP contribution >= 0.6 is 0 Å². The maximum Gasteiger partial charge on any atom is 0.0784 e. The van der Waals surface area contributed by atoms with E-state index in [0.29, 0.717) is 17.8 Å². The van der Waals surface area contributed by atoms with Gasteiger partial charge in [0.25, 0.3) is 0 Å². The van der Waals surface area contributed by atoms with E-state index in [1.165, 1.54) is 56.2 Å². The van der Waals surface area contributed by atoms with Crippen molar-refractivity contribution in [1.82, 2.24) is 0 Å². The van der Waals surface area contributed by atoms with Crippen LogP contribution in [0.2, 0.25) is 0 Å². The molecule has 4 aromatic rings. The summed E-state index contributed by atoms with van der Waals surface area (Å²) in [6.45, 7) is 16.2. The van der Waals surface area contributed by atoms with Crippen LogP contribution in [0.15, 0.2) is 156 Å². The summed E-state index contributed by atoms with van der Waals surface area (Å²) >= 11 is 0. The molecule has 2 heteroatoms. The van der Waals surface area contributed by atoms with Crippen molar-refractivity contribution in [3.63, 3.8) is 0 Å². The predicted octanol–water partition coefficient (Wildman–Crippen LogP) is 12.7. The Kier molecular flexibility index (Phi) is 8.84. The number of anilines is 3. The van der Waals surface area contributed by atoms with Gasteiger partial charge in [0.15, 0.2) is 0 Å². The van der Waals surface area contributed by atoms with Gasteiger partial charge in [0.2, 0.25) is 0 Å². The van der Waals surface area contributed by atoms with Crippen molar-refractivity contribution in [1.29, 1.82) is 0 Å². The Bertz CT molecular complexity index is 1970. The van der Waals surface area contributed by atoms with Gasteiger partial charge in [0, 0.05) is 34.2 Å². The van der Waals surface area contributed by atoms with Crippen molar-refractivity contribution in [3.8, 4) is 0 Å². The minimum Gasteiger partial charge on any atom is -0.331 e. The van der Waals surface area contributed by atoms with E-state index in [1.54, 1.807) is 0 Å². The Morgan fingerprint density at radius 1 is 0.714 bits per heavy atom. The molecule has 0 aromatic heterocycles. The zero-order valence-corrected chi connectivity index (χ0v) is 30.2. The molecule has 3 aliphatic rings. The van der Waals surface area contributed by atoms with Crippen LogP contribution in [0.4, 0.5) is 17.1 Å². The van der Waals surface area contributed by atoms with Gasteiger partial charge in [-0.15, -0.1) is 0 Å². The first-order valence-electron chi connectivity index (χ1n) is 18.1. The molecule has 0 spiro atoms. The predicted molar refractivity (Wildman–Crippen MR) is 210 cm³/mol. The molecule has 0 radical (unpaired) electrons.